The summed E-state index contributed by atoms with van der Waals surface area (Å²) >= 11 is 0. The Morgan fingerprint density at radius 3 is 1.74 bits per heavy atom. The lowest BCUT2D eigenvalue weighted by molar-refractivity contribution is -0.155. The number of aliphatic hydroxyl groups is 1. The zero-order chi connectivity index (χ0) is 20.3. The molecule has 2 N–H and O–H groups in total. The molecule has 0 aliphatic heterocycles. The number of carboxylic acid groups (broad SMARTS) is 1. The fraction of sp³-hybridized carbons (Fsp3) is 0.909. The van der Waals surface area contributed by atoms with Crippen LogP contribution in [0, 0.1) is 0 Å². The van der Waals surface area contributed by atoms with Crippen molar-refractivity contribution in [1.82, 2.24) is 0 Å². The molecule has 0 rings (SSSR count). The largest absolute Gasteiger partial charge is 0.481 e. The molecule has 0 aromatic carbocycles. The Hall–Kier alpha value is -1.10. The summed E-state index contributed by atoms with van der Waals surface area (Å²) in [6.45, 7) is 4.35. The quantitative estimate of drug-likeness (QED) is 0.222. The topological polar surface area (TPSA) is 83.8 Å². The molecule has 160 valence electrons. The monoisotopic (exact) mass is 386 g/mol. The smallest absolute Gasteiger partial charge is 0.308 e. The molecule has 5 nitrogen and oxygen atoms in total. The van der Waals surface area contributed by atoms with E-state index >= 15 is 0 Å². The fourth-order valence-electron chi connectivity index (χ4n) is 3.24. The van der Waals surface area contributed by atoms with Gasteiger partial charge in [0.15, 0.2) is 0 Å². The third-order valence-electron chi connectivity index (χ3n) is 4.87. The maximum absolute atomic E-state index is 12.0. The number of carboxylic acids is 1. The van der Waals surface area contributed by atoms with Gasteiger partial charge in [0.1, 0.15) is 6.10 Å². The highest BCUT2D eigenvalue weighted by Gasteiger charge is 2.20. The number of ether oxygens (including phenoxy) is 1. The van der Waals surface area contributed by atoms with Crippen molar-refractivity contribution >= 4 is 11.9 Å². The highest BCUT2D eigenvalue weighted by atomic mass is 16.5. The molecule has 0 aliphatic carbocycles. The first-order chi connectivity index (χ1) is 13.0. The molecule has 5 heteroatoms. The van der Waals surface area contributed by atoms with Crippen LogP contribution in [0.25, 0.3) is 0 Å². The van der Waals surface area contributed by atoms with Gasteiger partial charge in [-0.1, -0.05) is 84.5 Å². The number of hydrogen-bond donors (Lipinski definition) is 2. The van der Waals surface area contributed by atoms with Crippen LogP contribution in [0.1, 0.15) is 117 Å². The van der Waals surface area contributed by atoms with E-state index in [4.69, 9.17) is 9.84 Å². The van der Waals surface area contributed by atoms with Crippen LogP contribution in [0.2, 0.25) is 0 Å². The molecule has 0 aromatic heterocycles. The predicted molar refractivity (Wildman–Crippen MR) is 109 cm³/mol. The maximum atomic E-state index is 12.0. The molecule has 0 fully saturated rings. The summed E-state index contributed by atoms with van der Waals surface area (Å²) < 4.78 is 5.34. The Morgan fingerprint density at radius 1 is 0.741 bits per heavy atom. The molecule has 0 spiro atoms. The lowest BCUT2D eigenvalue weighted by Gasteiger charge is -2.17. The average molecular weight is 387 g/mol. The van der Waals surface area contributed by atoms with Crippen molar-refractivity contribution in [3.63, 3.8) is 0 Å². The zero-order valence-electron chi connectivity index (χ0n) is 17.6. The summed E-state index contributed by atoms with van der Waals surface area (Å²) in [5.41, 5.74) is 0. The first-order valence-electron chi connectivity index (χ1n) is 11.1. The summed E-state index contributed by atoms with van der Waals surface area (Å²) in [7, 11) is 0. The van der Waals surface area contributed by atoms with Gasteiger partial charge in [-0.3, -0.25) is 9.59 Å². The highest BCUT2D eigenvalue weighted by Crippen LogP contribution is 2.15. The van der Waals surface area contributed by atoms with E-state index in [1.807, 2.05) is 0 Å². The third kappa shape index (κ3) is 18.0. The molecule has 0 saturated heterocycles. The minimum atomic E-state index is -0.952. The van der Waals surface area contributed by atoms with E-state index in [0.29, 0.717) is 12.8 Å². The van der Waals surface area contributed by atoms with Gasteiger partial charge in [-0.2, -0.15) is 0 Å². The van der Waals surface area contributed by atoms with E-state index in [0.717, 1.165) is 32.1 Å². The van der Waals surface area contributed by atoms with E-state index in [1.54, 1.807) is 0 Å². The summed E-state index contributed by atoms with van der Waals surface area (Å²) in [6.07, 6.45) is 13.2. The lowest BCUT2D eigenvalue weighted by Crippen LogP contribution is -2.24. The van der Waals surface area contributed by atoms with Gasteiger partial charge >= 0.3 is 11.9 Å². The van der Waals surface area contributed by atoms with Gasteiger partial charge in [0.25, 0.3) is 0 Å². The Kier molecular flexibility index (Phi) is 17.5. The van der Waals surface area contributed by atoms with Crippen molar-refractivity contribution in [2.24, 2.45) is 0 Å². The van der Waals surface area contributed by atoms with E-state index in [2.05, 4.69) is 13.8 Å². The molecule has 0 amide bonds. The minimum absolute atomic E-state index is 0.0401. The Labute approximate surface area is 165 Å². The summed E-state index contributed by atoms with van der Waals surface area (Å²) in [5.74, 6) is -1.43. The van der Waals surface area contributed by atoms with Crippen LogP contribution in [-0.4, -0.2) is 34.4 Å². The van der Waals surface area contributed by atoms with E-state index < -0.39 is 24.1 Å². The average Bonchev–Trinajstić information content (AvgIpc) is 2.60. The lowest BCUT2D eigenvalue weighted by atomic mass is 10.0. The van der Waals surface area contributed by atoms with Gasteiger partial charge in [0.05, 0.1) is 18.9 Å². The number of aliphatic hydroxyl groups excluding tert-OH is 1. The molecule has 0 aromatic rings. The van der Waals surface area contributed by atoms with E-state index in [1.165, 1.54) is 44.9 Å². The number of aliphatic carboxylic acids is 1. The predicted octanol–water partition coefficient (Wildman–Crippen LogP) is 5.63. The second-order valence-corrected chi connectivity index (χ2v) is 7.68. The molecule has 0 radical (unpaired) electrons. The van der Waals surface area contributed by atoms with Crippen molar-refractivity contribution < 1.29 is 24.5 Å². The van der Waals surface area contributed by atoms with Crippen molar-refractivity contribution in [3.05, 3.63) is 0 Å². The summed E-state index contributed by atoms with van der Waals surface area (Å²) in [6, 6.07) is 0. The number of hydrogen-bond acceptors (Lipinski definition) is 4. The number of esters is 1. The molecular formula is C22H42O5. The number of carbonyl (C=O) groups excluding carboxylic acids is 1. The molecule has 27 heavy (non-hydrogen) atoms. The van der Waals surface area contributed by atoms with Gasteiger partial charge < -0.3 is 14.9 Å². The van der Waals surface area contributed by atoms with Gasteiger partial charge in [-0.05, 0) is 19.3 Å². The number of carbonyl (C=O) groups is 2. The van der Waals surface area contributed by atoms with Crippen LogP contribution in [0.4, 0.5) is 0 Å². The molecule has 2 atom stereocenters. The van der Waals surface area contributed by atoms with Crippen molar-refractivity contribution in [2.75, 3.05) is 0 Å². The SMILES string of the molecule is CCCCCCCCC(O)CC(=O)OC(CCCCCCCC)CC(=O)O. The van der Waals surface area contributed by atoms with Crippen molar-refractivity contribution in [2.45, 2.75) is 129 Å². The maximum Gasteiger partial charge on any atom is 0.308 e. The van der Waals surface area contributed by atoms with Crippen LogP contribution in [0.15, 0.2) is 0 Å². The van der Waals surface area contributed by atoms with Crippen LogP contribution < -0.4 is 0 Å². The number of rotatable bonds is 19. The van der Waals surface area contributed by atoms with E-state index in [9.17, 15) is 14.7 Å². The molecular weight excluding hydrogens is 344 g/mol. The van der Waals surface area contributed by atoms with Gasteiger partial charge in [0, 0.05) is 0 Å². The highest BCUT2D eigenvalue weighted by molar-refractivity contribution is 5.71. The van der Waals surface area contributed by atoms with Gasteiger partial charge in [-0.25, -0.2) is 0 Å². The van der Waals surface area contributed by atoms with Gasteiger partial charge in [0.2, 0.25) is 0 Å². The summed E-state index contributed by atoms with van der Waals surface area (Å²) in [5, 5.41) is 19.0. The Balaban J connectivity index is 3.99. The molecule has 0 aliphatic rings. The molecule has 0 bridgehead atoms. The van der Waals surface area contributed by atoms with Crippen LogP contribution in [0.5, 0.6) is 0 Å². The normalized spacial score (nSPS) is 13.3. The van der Waals surface area contributed by atoms with E-state index in [-0.39, 0.29) is 12.8 Å². The second-order valence-electron chi connectivity index (χ2n) is 7.68. The molecule has 0 saturated carbocycles. The summed E-state index contributed by atoms with van der Waals surface area (Å²) in [4.78, 5) is 23.0. The van der Waals surface area contributed by atoms with Crippen molar-refractivity contribution in [1.29, 1.82) is 0 Å². The molecule has 0 heterocycles. The Bertz CT molecular complexity index is 370. The van der Waals surface area contributed by atoms with Crippen LogP contribution >= 0.6 is 0 Å². The van der Waals surface area contributed by atoms with Gasteiger partial charge in [-0.15, -0.1) is 0 Å². The molecule has 2 unspecified atom stereocenters. The third-order valence-corrected chi connectivity index (χ3v) is 4.87. The zero-order valence-corrected chi connectivity index (χ0v) is 17.6. The first kappa shape index (κ1) is 25.9. The van der Waals surface area contributed by atoms with Crippen LogP contribution in [-0.2, 0) is 14.3 Å². The fourth-order valence-corrected chi connectivity index (χ4v) is 3.24. The minimum Gasteiger partial charge on any atom is -0.481 e. The van der Waals surface area contributed by atoms with Crippen molar-refractivity contribution in [3.8, 4) is 0 Å². The standard InChI is InChI=1S/C22H42O5/c1-3-5-7-9-11-13-15-19(23)17-22(26)27-20(18-21(24)25)16-14-12-10-8-6-4-2/h19-20,23H,3-18H2,1-2H3,(H,24,25). The Morgan fingerprint density at radius 2 is 1.22 bits per heavy atom. The number of unbranched alkanes of at least 4 members (excludes halogenated alkanes) is 10. The van der Waals surface area contributed by atoms with Crippen LogP contribution in [0.3, 0.4) is 0 Å². The second kappa shape index (κ2) is 18.3. The first-order valence-corrected chi connectivity index (χ1v) is 11.1.